The predicted octanol–water partition coefficient (Wildman–Crippen LogP) is 3.14. The molecule has 4 atom stereocenters. The van der Waals surface area contributed by atoms with Gasteiger partial charge in [-0.1, -0.05) is 12.1 Å². The Hall–Kier alpha value is -1.51. The van der Waals surface area contributed by atoms with Crippen molar-refractivity contribution in [2.75, 3.05) is 19.6 Å². The average Bonchev–Trinajstić information content (AvgIpc) is 2.55. The molecular weight excluding hydrogens is 301 g/mol. The van der Waals surface area contributed by atoms with E-state index in [9.17, 15) is 13.2 Å². The van der Waals surface area contributed by atoms with Crippen LogP contribution in [0.15, 0.2) is 24.3 Å². The van der Waals surface area contributed by atoms with E-state index in [-0.39, 0.29) is 0 Å². The van der Waals surface area contributed by atoms with Gasteiger partial charge in [-0.05, 0) is 43.0 Å². The molecule has 3 saturated heterocycles. The number of piperidine rings is 3. The standard InChI is InChI=1S/C18H21F3N2/c1-2-14-12-23-8-7-15(14)9-17(23)11-22-10-13-3-5-16(6-4-13)18(19,20)21/h1,3-6,14-15,17,22H,7-12H2/t14-,15-,17+/m0/s1. The third-order valence-corrected chi connectivity index (χ3v) is 5.08. The van der Waals surface area contributed by atoms with Gasteiger partial charge < -0.3 is 5.32 Å². The van der Waals surface area contributed by atoms with E-state index in [0.717, 1.165) is 43.8 Å². The van der Waals surface area contributed by atoms with Gasteiger partial charge in [-0.25, -0.2) is 0 Å². The first-order chi connectivity index (χ1) is 11.0. The molecule has 4 rings (SSSR count). The summed E-state index contributed by atoms with van der Waals surface area (Å²) in [4.78, 5) is 2.45. The van der Waals surface area contributed by atoms with Gasteiger partial charge in [0.05, 0.1) is 5.56 Å². The summed E-state index contributed by atoms with van der Waals surface area (Å²) in [5.74, 6) is 3.91. The van der Waals surface area contributed by atoms with Crippen molar-refractivity contribution in [3.05, 3.63) is 35.4 Å². The Kier molecular flexibility index (Phi) is 4.65. The van der Waals surface area contributed by atoms with Crippen LogP contribution in [0.4, 0.5) is 13.2 Å². The Morgan fingerprint density at radius 2 is 2.00 bits per heavy atom. The number of nitrogens with zero attached hydrogens (tertiary/aromatic N) is 1. The zero-order valence-corrected chi connectivity index (χ0v) is 12.9. The molecule has 1 N–H and O–H groups in total. The predicted molar refractivity (Wildman–Crippen MR) is 83.6 cm³/mol. The van der Waals surface area contributed by atoms with Gasteiger partial charge in [0.25, 0.3) is 0 Å². The van der Waals surface area contributed by atoms with Crippen molar-refractivity contribution >= 4 is 0 Å². The van der Waals surface area contributed by atoms with Crippen LogP contribution in [0.1, 0.15) is 24.0 Å². The molecule has 0 saturated carbocycles. The summed E-state index contributed by atoms with van der Waals surface area (Å²) in [6, 6.07) is 5.85. The minimum atomic E-state index is -4.27. The molecule has 0 aromatic heterocycles. The highest BCUT2D eigenvalue weighted by molar-refractivity contribution is 5.24. The molecule has 3 aliphatic rings. The Morgan fingerprint density at radius 3 is 2.57 bits per heavy atom. The van der Waals surface area contributed by atoms with Crippen LogP contribution in [0.5, 0.6) is 0 Å². The van der Waals surface area contributed by atoms with E-state index in [0.29, 0.717) is 24.4 Å². The van der Waals surface area contributed by atoms with E-state index in [1.165, 1.54) is 18.6 Å². The zero-order chi connectivity index (χ0) is 16.4. The van der Waals surface area contributed by atoms with Crippen molar-refractivity contribution in [2.24, 2.45) is 11.8 Å². The summed E-state index contributed by atoms with van der Waals surface area (Å²) in [6.07, 6.45) is 3.62. The lowest BCUT2D eigenvalue weighted by Crippen LogP contribution is -2.55. The van der Waals surface area contributed by atoms with Crippen LogP contribution < -0.4 is 5.32 Å². The largest absolute Gasteiger partial charge is 0.416 e. The molecule has 2 bridgehead atoms. The zero-order valence-electron chi connectivity index (χ0n) is 12.9. The van der Waals surface area contributed by atoms with Gasteiger partial charge in [-0.3, -0.25) is 4.90 Å². The normalized spacial score (nSPS) is 30.2. The van der Waals surface area contributed by atoms with E-state index >= 15 is 0 Å². The Balaban J connectivity index is 1.48. The van der Waals surface area contributed by atoms with Crippen LogP contribution in [0.2, 0.25) is 0 Å². The van der Waals surface area contributed by atoms with Crippen LogP contribution in [0, 0.1) is 24.2 Å². The summed E-state index contributed by atoms with van der Waals surface area (Å²) >= 11 is 0. The van der Waals surface area contributed by atoms with Gasteiger partial charge in [0, 0.05) is 31.6 Å². The molecule has 3 aliphatic heterocycles. The fourth-order valence-corrected chi connectivity index (χ4v) is 3.73. The molecule has 0 amide bonds. The summed E-state index contributed by atoms with van der Waals surface area (Å²) in [5, 5.41) is 3.37. The highest BCUT2D eigenvalue weighted by Gasteiger charge is 2.38. The summed E-state index contributed by atoms with van der Waals surface area (Å²) < 4.78 is 37.6. The van der Waals surface area contributed by atoms with E-state index in [1.54, 1.807) is 0 Å². The maximum Gasteiger partial charge on any atom is 0.416 e. The average molecular weight is 322 g/mol. The Labute approximate surface area is 135 Å². The van der Waals surface area contributed by atoms with Crippen molar-refractivity contribution in [3.8, 4) is 12.3 Å². The molecule has 1 aromatic rings. The van der Waals surface area contributed by atoms with E-state index in [4.69, 9.17) is 6.42 Å². The van der Waals surface area contributed by atoms with Crippen LogP contribution in [-0.4, -0.2) is 30.6 Å². The molecule has 3 heterocycles. The van der Waals surface area contributed by atoms with Crippen LogP contribution in [0.3, 0.4) is 0 Å². The number of nitrogens with one attached hydrogen (secondary N) is 1. The summed E-state index contributed by atoms with van der Waals surface area (Å²) in [5.41, 5.74) is 0.271. The lowest BCUT2D eigenvalue weighted by atomic mass is 9.76. The third kappa shape index (κ3) is 3.70. The second kappa shape index (κ2) is 6.54. The molecule has 1 aromatic carbocycles. The van der Waals surface area contributed by atoms with E-state index in [1.807, 2.05) is 0 Å². The molecule has 0 aliphatic carbocycles. The van der Waals surface area contributed by atoms with Gasteiger partial charge >= 0.3 is 6.18 Å². The SMILES string of the molecule is C#C[C@H]1CN2CC[C@H]1C[C@@H]2CNCc1ccc(C(F)(F)F)cc1. The monoisotopic (exact) mass is 322 g/mol. The fourth-order valence-electron chi connectivity index (χ4n) is 3.73. The molecule has 23 heavy (non-hydrogen) atoms. The van der Waals surface area contributed by atoms with Gasteiger partial charge in [0.1, 0.15) is 0 Å². The lowest BCUT2D eigenvalue weighted by Gasteiger charge is -2.48. The van der Waals surface area contributed by atoms with Crippen LogP contribution in [0.25, 0.3) is 0 Å². The molecule has 0 spiro atoms. The minimum Gasteiger partial charge on any atom is -0.311 e. The number of hydrogen-bond acceptors (Lipinski definition) is 2. The first-order valence-corrected chi connectivity index (χ1v) is 8.04. The maximum absolute atomic E-state index is 12.5. The second-order valence-electron chi connectivity index (χ2n) is 6.53. The second-order valence-corrected chi connectivity index (χ2v) is 6.53. The molecule has 0 radical (unpaired) electrons. The Morgan fingerprint density at radius 1 is 1.26 bits per heavy atom. The van der Waals surface area contributed by atoms with Crippen molar-refractivity contribution in [1.82, 2.24) is 10.2 Å². The first-order valence-electron chi connectivity index (χ1n) is 8.04. The molecular formula is C18H21F3N2. The van der Waals surface area contributed by atoms with Crippen molar-refractivity contribution in [1.29, 1.82) is 0 Å². The minimum absolute atomic E-state index is 0.384. The summed E-state index contributed by atoms with van der Waals surface area (Å²) in [6.45, 7) is 3.53. The smallest absolute Gasteiger partial charge is 0.311 e. The van der Waals surface area contributed by atoms with E-state index < -0.39 is 11.7 Å². The van der Waals surface area contributed by atoms with Gasteiger partial charge in [-0.2, -0.15) is 13.2 Å². The number of fused-ring (bicyclic) bond motifs is 3. The van der Waals surface area contributed by atoms with Gasteiger partial charge in [0.2, 0.25) is 0 Å². The van der Waals surface area contributed by atoms with Crippen molar-refractivity contribution in [2.45, 2.75) is 31.6 Å². The lowest BCUT2D eigenvalue weighted by molar-refractivity contribution is -0.137. The Bertz CT molecular complexity index is 573. The number of benzene rings is 1. The maximum atomic E-state index is 12.5. The number of hydrogen-bond donors (Lipinski definition) is 1. The third-order valence-electron chi connectivity index (χ3n) is 5.08. The molecule has 5 heteroatoms. The number of rotatable bonds is 4. The highest BCUT2D eigenvalue weighted by atomic mass is 19.4. The van der Waals surface area contributed by atoms with Crippen LogP contribution >= 0.6 is 0 Å². The van der Waals surface area contributed by atoms with Gasteiger partial charge in [-0.15, -0.1) is 12.3 Å². The fraction of sp³-hybridized carbons (Fsp3) is 0.556. The quantitative estimate of drug-likeness (QED) is 0.857. The van der Waals surface area contributed by atoms with Crippen LogP contribution in [-0.2, 0) is 12.7 Å². The number of halogens is 3. The summed E-state index contributed by atoms with van der Waals surface area (Å²) in [7, 11) is 0. The number of alkyl halides is 3. The molecule has 1 unspecified atom stereocenters. The number of terminal acetylenes is 1. The van der Waals surface area contributed by atoms with E-state index in [2.05, 4.69) is 16.1 Å². The molecule has 3 fully saturated rings. The van der Waals surface area contributed by atoms with Gasteiger partial charge in [0.15, 0.2) is 0 Å². The van der Waals surface area contributed by atoms with Crippen molar-refractivity contribution in [3.63, 3.8) is 0 Å². The van der Waals surface area contributed by atoms with Crippen molar-refractivity contribution < 1.29 is 13.2 Å². The molecule has 2 nitrogen and oxygen atoms in total. The molecule has 124 valence electrons. The highest BCUT2D eigenvalue weighted by Crippen LogP contribution is 2.35. The first kappa shape index (κ1) is 16.4. The topological polar surface area (TPSA) is 15.3 Å².